The minimum Gasteiger partial charge on any atom is -0.481 e. The first kappa shape index (κ1) is 15.4. The zero-order valence-electron chi connectivity index (χ0n) is 12.0. The molecule has 22 heavy (non-hydrogen) atoms. The van der Waals surface area contributed by atoms with Crippen molar-refractivity contribution in [3.8, 4) is 0 Å². The van der Waals surface area contributed by atoms with Crippen molar-refractivity contribution in [2.75, 3.05) is 0 Å². The molecule has 3 rings (SSSR count). The standard InChI is InChI=1S/C18H16Cl2O2/c19-14-5-2-13(3-6-14)18(10-8-17(21)22)9-7-12-1-4-15(20)11-16(12)18/h1-6,11H,7-10H2,(H,21,22)/t18-/m0/s1. The third kappa shape index (κ3) is 2.73. The molecule has 0 spiro atoms. The van der Waals surface area contributed by atoms with Gasteiger partial charge in [-0.15, -0.1) is 0 Å². The molecule has 2 aromatic rings. The third-order valence-corrected chi connectivity index (χ3v) is 5.06. The van der Waals surface area contributed by atoms with Crippen molar-refractivity contribution in [1.29, 1.82) is 0 Å². The Labute approximate surface area is 139 Å². The molecular weight excluding hydrogens is 319 g/mol. The quantitative estimate of drug-likeness (QED) is 0.845. The maximum atomic E-state index is 11.1. The summed E-state index contributed by atoms with van der Waals surface area (Å²) in [5, 5.41) is 10.5. The van der Waals surface area contributed by atoms with Crippen LogP contribution in [0.1, 0.15) is 36.0 Å². The van der Waals surface area contributed by atoms with E-state index in [0.717, 1.165) is 24.0 Å². The van der Waals surface area contributed by atoms with Gasteiger partial charge in [-0.05, 0) is 60.2 Å². The lowest BCUT2D eigenvalue weighted by Crippen LogP contribution is -2.26. The van der Waals surface area contributed by atoms with E-state index in [2.05, 4.69) is 6.07 Å². The molecule has 0 aliphatic heterocycles. The van der Waals surface area contributed by atoms with Gasteiger partial charge in [-0.2, -0.15) is 0 Å². The highest BCUT2D eigenvalue weighted by atomic mass is 35.5. The molecule has 0 amide bonds. The number of benzene rings is 2. The summed E-state index contributed by atoms with van der Waals surface area (Å²) in [6.45, 7) is 0. The van der Waals surface area contributed by atoms with Gasteiger partial charge < -0.3 is 5.11 Å². The van der Waals surface area contributed by atoms with Gasteiger partial charge in [0.05, 0.1) is 0 Å². The topological polar surface area (TPSA) is 37.3 Å². The van der Waals surface area contributed by atoms with Crippen molar-refractivity contribution in [3.05, 3.63) is 69.2 Å². The summed E-state index contributed by atoms with van der Waals surface area (Å²) < 4.78 is 0. The van der Waals surface area contributed by atoms with Crippen molar-refractivity contribution in [2.24, 2.45) is 0 Å². The lowest BCUT2D eigenvalue weighted by molar-refractivity contribution is -0.137. The highest BCUT2D eigenvalue weighted by Gasteiger charge is 2.40. The van der Waals surface area contributed by atoms with E-state index in [1.54, 1.807) is 0 Å². The molecule has 114 valence electrons. The first-order valence-electron chi connectivity index (χ1n) is 7.28. The van der Waals surface area contributed by atoms with Gasteiger partial charge in [0, 0.05) is 21.9 Å². The number of rotatable bonds is 4. The number of aryl methyl sites for hydroxylation is 1. The highest BCUT2D eigenvalue weighted by molar-refractivity contribution is 6.31. The van der Waals surface area contributed by atoms with Crippen LogP contribution in [-0.2, 0) is 16.6 Å². The third-order valence-electron chi connectivity index (χ3n) is 4.57. The van der Waals surface area contributed by atoms with Gasteiger partial charge in [0.1, 0.15) is 0 Å². The van der Waals surface area contributed by atoms with Gasteiger partial charge in [-0.25, -0.2) is 0 Å². The molecule has 2 nitrogen and oxygen atoms in total. The fraction of sp³-hybridized carbons (Fsp3) is 0.278. The molecule has 1 atom stereocenters. The summed E-state index contributed by atoms with van der Waals surface area (Å²) in [6, 6.07) is 13.7. The van der Waals surface area contributed by atoms with Crippen LogP contribution in [0.2, 0.25) is 10.0 Å². The minimum absolute atomic E-state index is 0.134. The van der Waals surface area contributed by atoms with E-state index in [1.165, 1.54) is 5.56 Å². The number of carbonyl (C=O) groups is 1. The Morgan fingerprint density at radius 1 is 1.09 bits per heavy atom. The van der Waals surface area contributed by atoms with Crippen LogP contribution in [-0.4, -0.2) is 11.1 Å². The maximum Gasteiger partial charge on any atom is 0.303 e. The van der Waals surface area contributed by atoms with Crippen LogP contribution in [0.25, 0.3) is 0 Å². The molecule has 0 radical (unpaired) electrons. The predicted octanol–water partition coefficient (Wildman–Crippen LogP) is 5.09. The first-order chi connectivity index (χ1) is 10.5. The highest BCUT2D eigenvalue weighted by Crippen LogP contribution is 2.48. The number of hydrogen-bond donors (Lipinski definition) is 1. The Balaban J connectivity index is 2.11. The molecule has 2 aromatic carbocycles. The second kappa shape index (κ2) is 5.94. The summed E-state index contributed by atoms with van der Waals surface area (Å²) in [5.41, 5.74) is 3.23. The lowest BCUT2D eigenvalue weighted by Gasteiger charge is -2.31. The van der Waals surface area contributed by atoms with Gasteiger partial charge >= 0.3 is 5.97 Å². The Morgan fingerprint density at radius 3 is 2.45 bits per heavy atom. The van der Waals surface area contributed by atoms with Crippen molar-refractivity contribution in [3.63, 3.8) is 0 Å². The van der Waals surface area contributed by atoms with Gasteiger partial charge in [0.15, 0.2) is 0 Å². The predicted molar refractivity (Wildman–Crippen MR) is 88.9 cm³/mol. The first-order valence-corrected chi connectivity index (χ1v) is 8.04. The van der Waals surface area contributed by atoms with E-state index in [9.17, 15) is 4.79 Å². The second-order valence-corrected chi connectivity index (χ2v) is 6.66. The smallest absolute Gasteiger partial charge is 0.303 e. The van der Waals surface area contributed by atoms with Gasteiger partial charge in [0.2, 0.25) is 0 Å². The number of halogens is 2. The van der Waals surface area contributed by atoms with E-state index in [1.807, 2.05) is 36.4 Å². The summed E-state index contributed by atoms with van der Waals surface area (Å²) in [5.74, 6) is -0.774. The second-order valence-electron chi connectivity index (χ2n) is 5.78. The number of fused-ring (bicyclic) bond motifs is 1. The van der Waals surface area contributed by atoms with Crippen LogP contribution in [0.15, 0.2) is 42.5 Å². The Morgan fingerprint density at radius 2 is 1.77 bits per heavy atom. The molecule has 0 bridgehead atoms. The number of carboxylic acid groups (broad SMARTS) is 1. The fourth-order valence-electron chi connectivity index (χ4n) is 3.49. The van der Waals surface area contributed by atoms with Crippen molar-refractivity contribution >= 4 is 29.2 Å². The largest absolute Gasteiger partial charge is 0.481 e. The van der Waals surface area contributed by atoms with Crippen LogP contribution < -0.4 is 0 Å². The number of aliphatic carboxylic acids is 1. The van der Waals surface area contributed by atoms with Crippen LogP contribution in [0.5, 0.6) is 0 Å². The molecule has 0 heterocycles. The van der Waals surface area contributed by atoms with Crippen molar-refractivity contribution in [2.45, 2.75) is 31.1 Å². The SMILES string of the molecule is O=C(O)CC[C@]1(c2ccc(Cl)cc2)CCc2ccc(Cl)cc21. The van der Waals surface area contributed by atoms with Crippen molar-refractivity contribution < 1.29 is 9.90 Å². The monoisotopic (exact) mass is 334 g/mol. The van der Waals surface area contributed by atoms with E-state index in [4.69, 9.17) is 28.3 Å². The van der Waals surface area contributed by atoms with Gasteiger partial charge in [0.25, 0.3) is 0 Å². The maximum absolute atomic E-state index is 11.1. The Hall–Kier alpha value is -1.51. The Kier molecular flexibility index (Phi) is 4.16. The molecule has 1 aliphatic carbocycles. The zero-order chi connectivity index (χ0) is 15.7. The lowest BCUT2D eigenvalue weighted by atomic mass is 9.72. The minimum atomic E-state index is -0.774. The molecule has 1 aliphatic rings. The molecule has 0 saturated carbocycles. The molecule has 1 N–H and O–H groups in total. The Bertz CT molecular complexity index is 710. The number of carboxylic acids is 1. The summed E-state index contributed by atoms with van der Waals surface area (Å²) >= 11 is 12.2. The van der Waals surface area contributed by atoms with Crippen LogP contribution in [0.3, 0.4) is 0 Å². The van der Waals surface area contributed by atoms with Gasteiger partial charge in [-0.3, -0.25) is 4.79 Å². The van der Waals surface area contributed by atoms with Crippen molar-refractivity contribution in [1.82, 2.24) is 0 Å². The van der Waals surface area contributed by atoms with E-state index in [-0.39, 0.29) is 11.8 Å². The van der Waals surface area contributed by atoms with Crippen LogP contribution in [0.4, 0.5) is 0 Å². The van der Waals surface area contributed by atoms with E-state index >= 15 is 0 Å². The summed E-state index contributed by atoms with van der Waals surface area (Å²) in [4.78, 5) is 11.1. The molecular formula is C18H16Cl2O2. The van der Waals surface area contributed by atoms with Crippen LogP contribution in [0, 0.1) is 0 Å². The molecule has 4 heteroatoms. The molecule has 0 saturated heterocycles. The summed E-state index contributed by atoms with van der Waals surface area (Å²) in [7, 11) is 0. The van der Waals surface area contributed by atoms with E-state index < -0.39 is 5.97 Å². The normalized spacial score (nSPS) is 19.9. The summed E-state index contributed by atoms with van der Waals surface area (Å²) in [6.07, 6.45) is 2.54. The van der Waals surface area contributed by atoms with Gasteiger partial charge in [-0.1, -0.05) is 41.4 Å². The zero-order valence-corrected chi connectivity index (χ0v) is 13.5. The number of hydrogen-bond acceptors (Lipinski definition) is 1. The van der Waals surface area contributed by atoms with E-state index in [0.29, 0.717) is 16.5 Å². The molecule has 0 unspecified atom stereocenters. The average Bonchev–Trinajstić information content (AvgIpc) is 2.85. The fourth-order valence-corrected chi connectivity index (χ4v) is 3.79. The average molecular weight is 335 g/mol. The molecule has 0 aromatic heterocycles. The van der Waals surface area contributed by atoms with Crippen LogP contribution >= 0.6 is 23.2 Å². The molecule has 0 fully saturated rings.